The van der Waals surface area contributed by atoms with Crippen LogP contribution in [0.1, 0.15) is 12.1 Å². The van der Waals surface area contributed by atoms with Crippen LogP contribution >= 0.6 is 11.6 Å². The van der Waals surface area contributed by atoms with Crippen molar-refractivity contribution in [2.75, 3.05) is 56.1 Å². The molecule has 1 unspecified atom stereocenters. The molecular weight excluding hydrogens is 424 g/mol. The van der Waals surface area contributed by atoms with Crippen molar-refractivity contribution in [1.29, 1.82) is 5.26 Å². The SMILES string of the molecule is CN1CCN(c2ccc(S(=O)(=O)C3CCN(c4nccc(C#N)n4)C3)c(Cl)c2)CC1. The highest BCUT2D eigenvalue weighted by Gasteiger charge is 2.36. The Morgan fingerprint density at radius 1 is 1.13 bits per heavy atom. The molecule has 30 heavy (non-hydrogen) atoms. The molecule has 4 rings (SSSR count). The predicted molar refractivity (Wildman–Crippen MR) is 116 cm³/mol. The Labute approximate surface area is 181 Å². The van der Waals surface area contributed by atoms with Crippen molar-refractivity contribution >= 4 is 33.1 Å². The molecule has 158 valence electrons. The fraction of sp³-hybridized carbons (Fsp3) is 0.450. The number of nitrogens with zero attached hydrogens (tertiary/aromatic N) is 6. The Bertz CT molecular complexity index is 1080. The lowest BCUT2D eigenvalue weighted by Gasteiger charge is -2.34. The van der Waals surface area contributed by atoms with E-state index in [1.165, 1.54) is 12.3 Å². The molecular formula is C20H23ClN6O2S. The van der Waals surface area contributed by atoms with E-state index in [0.717, 1.165) is 31.9 Å². The number of halogens is 1. The maximum atomic E-state index is 13.3. The van der Waals surface area contributed by atoms with Crippen LogP contribution < -0.4 is 9.80 Å². The second-order valence-electron chi connectivity index (χ2n) is 7.66. The van der Waals surface area contributed by atoms with Gasteiger partial charge in [0.2, 0.25) is 5.95 Å². The fourth-order valence-electron chi connectivity index (χ4n) is 3.89. The van der Waals surface area contributed by atoms with Crippen molar-refractivity contribution in [3.63, 3.8) is 0 Å². The highest BCUT2D eigenvalue weighted by atomic mass is 35.5. The first kappa shape index (κ1) is 20.8. The number of benzene rings is 1. The van der Waals surface area contributed by atoms with Crippen LogP contribution in [0.25, 0.3) is 0 Å². The van der Waals surface area contributed by atoms with Crippen molar-refractivity contribution in [2.24, 2.45) is 0 Å². The first-order chi connectivity index (χ1) is 14.4. The van der Waals surface area contributed by atoms with Crippen molar-refractivity contribution in [1.82, 2.24) is 14.9 Å². The summed E-state index contributed by atoms with van der Waals surface area (Å²) in [5.41, 5.74) is 1.20. The van der Waals surface area contributed by atoms with E-state index in [0.29, 0.717) is 18.9 Å². The summed E-state index contributed by atoms with van der Waals surface area (Å²) in [7, 11) is -1.51. The molecule has 0 amide bonds. The predicted octanol–water partition coefficient (Wildman–Crippen LogP) is 1.81. The van der Waals surface area contributed by atoms with Gasteiger partial charge in [-0.15, -0.1) is 0 Å². The first-order valence-electron chi connectivity index (χ1n) is 9.83. The summed E-state index contributed by atoms with van der Waals surface area (Å²) in [5, 5.41) is 8.68. The molecule has 1 atom stereocenters. The summed E-state index contributed by atoms with van der Waals surface area (Å²) in [6.07, 6.45) is 1.97. The molecule has 0 saturated carbocycles. The average molecular weight is 447 g/mol. The lowest BCUT2D eigenvalue weighted by Crippen LogP contribution is -2.44. The zero-order valence-electron chi connectivity index (χ0n) is 16.7. The quantitative estimate of drug-likeness (QED) is 0.701. The topological polar surface area (TPSA) is 93.4 Å². The number of sulfone groups is 1. The summed E-state index contributed by atoms with van der Waals surface area (Å²) in [4.78, 5) is 14.8. The molecule has 0 radical (unpaired) electrons. The minimum atomic E-state index is -3.60. The van der Waals surface area contributed by atoms with Crippen LogP contribution in [-0.4, -0.2) is 74.9 Å². The number of piperazine rings is 1. The summed E-state index contributed by atoms with van der Waals surface area (Å²) < 4.78 is 26.5. The van der Waals surface area contributed by atoms with Gasteiger partial charge in [0.15, 0.2) is 9.84 Å². The molecule has 2 aromatic rings. The number of aromatic nitrogens is 2. The lowest BCUT2D eigenvalue weighted by atomic mass is 10.2. The smallest absolute Gasteiger partial charge is 0.226 e. The van der Waals surface area contributed by atoms with E-state index in [1.807, 2.05) is 12.1 Å². The normalized spacial score (nSPS) is 20.4. The van der Waals surface area contributed by atoms with E-state index < -0.39 is 15.1 Å². The number of rotatable bonds is 4. The molecule has 0 spiro atoms. The van der Waals surface area contributed by atoms with Gasteiger partial charge in [0, 0.05) is 51.2 Å². The monoisotopic (exact) mass is 446 g/mol. The third-order valence-corrected chi connectivity index (χ3v) is 8.37. The van der Waals surface area contributed by atoms with E-state index >= 15 is 0 Å². The molecule has 3 heterocycles. The van der Waals surface area contributed by atoms with Gasteiger partial charge in [0.05, 0.1) is 15.2 Å². The number of likely N-dealkylation sites (N-methyl/N-ethyl adjacent to an activating group) is 1. The molecule has 2 aliphatic rings. The Kier molecular flexibility index (Phi) is 5.82. The van der Waals surface area contributed by atoms with Crippen molar-refractivity contribution in [2.45, 2.75) is 16.6 Å². The maximum Gasteiger partial charge on any atom is 0.226 e. The zero-order chi connectivity index (χ0) is 21.3. The van der Waals surface area contributed by atoms with Crippen LogP contribution in [0.4, 0.5) is 11.6 Å². The summed E-state index contributed by atoms with van der Waals surface area (Å²) >= 11 is 6.44. The van der Waals surface area contributed by atoms with Crippen LogP contribution in [0.2, 0.25) is 5.02 Å². The van der Waals surface area contributed by atoms with E-state index in [4.69, 9.17) is 16.9 Å². The number of hydrogen-bond acceptors (Lipinski definition) is 8. The Morgan fingerprint density at radius 3 is 2.60 bits per heavy atom. The molecule has 10 heteroatoms. The highest BCUT2D eigenvalue weighted by Crippen LogP contribution is 2.33. The minimum Gasteiger partial charge on any atom is -0.369 e. The maximum absolute atomic E-state index is 13.3. The van der Waals surface area contributed by atoms with Crippen LogP contribution in [0.5, 0.6) is 0 Å². The molecule has 1 aromatic carbocycles. The molecule has 0 aliphatic carbocycles. The van der Waals surface area contributed by atoms with Gasteiger partial charge in [-0.05, 0) is 37.7 Å². The average Bonchev–Trinajstić information content (AvgIpc) is 3.25. The molecule has 0 bridgehead atoms. The van der Waals surface area contributed by atoms with Gasteiger partial charge < -0.3 is 14.7 Å². The van der Waals surface area contributed by atoms with Crippen LogP contribution in [0.15, 0.2) is 35.4 Å². The van der Waals surface area contributed by atoms with Crippen LogP contribution in [-0.2, 0) is 9.84 Å². The van der Waals surface area contributed by atoms with E-state index in [1.54, 1.807) is 17.0 Å². The van der Waals surface area contributed by atoms with Crippen LogP contribution in [0.3, 0.4) is 0 Å². The van der Waals surface area contributed by atoms with E-state index in [-0.39, 0.29) is 22.2 Å². The molecule has 2 fully saturated rings. The highest BCUT2D eigenvalue weighted by molar-refractivity contribution is 7.92. The van der Waals surface area contributed by atoms with Gasteiger partial charge in [-0.3, -0.25) is 0 Å². The van der Waals surface area contributed by atoms with Gasteiger partial charge >= 0.3 is 0 Å². The lowest BCUT2D eigenvalue weighted by molar-refractivity contribution is 0.313. The summed E-state index contributed by atoms with van der Waals surface area (Å²) in [6, 6.07) is 8.73. The van der Waals surface area contributed by atoms with Gasteiger partial charge in [-0.25, -0.2) is 18.4 Å². The summed E-state index contributed by atoms with van der Waals surface area (Å²) in [6.45, 7) is 4.48. The van der Waals surface area contributed by atoms with E-state index in [9.17, 15) is 8.42 Å². The fourth-order valence-corrected chi connectivity index (χ4v) is 6.12. The third-order valence-electron chi connectivity index (χ3n) is 5.71. The Hall–Kier alpha value is -2.41. The minimum absolute atomic E-state index is 0.167. The summed E-state index contributed by atoms with van der Waals surface area (Å²) in [5.74, 6) is 0.378. The number of hydrogen-bond donors (Lipinski definition) is 0. The van der Waals surface area contributed by atoms with Crippen LogP contribution in [0, 0.1) is 11.3 Å². The molecule has 1 aromatic heterocycles. The van der Waals surface area contributed by atoms with Crippen molar-refractivity contribution < 1.29 is 8.42 Å². The molecule has 2 aliphatic heterocycles. The third kappa shape index (κ3) is 4.08. The van der Waals surface area contributed by atoms with Gasteiger partial charge in [0.1, 0.15) is 11.8 Å². The van der Waals surface area contributed by atoms with Gasteiger partial charge in [-0.2, -0.15) is 5.26 Å². The molecule has 0 N–H and O–H groups in total. The number of nitriles is 1. The molecule has 8 nitrogen and oxygen atoms in total. The zero-order valence-corrected chi connectivity index (χ0v) is 18.3. The second kappa shape index (κ2) is 8.38. The Morgan fingerprint density at radius 2 is 1.90 bits per heavy atom. The largest absolute Gasteiger partial charge is 0.369 e. The van der Waals surface area contributed by atoms with Crippen molar-refractivity contribution in [3.8, 4) is 6.07 Å². The second-order valence-corrected chi connectivity index (χ2v) is 10.3. The Balaban J connectivity index is 1.51. The van der Waals surface area contributed by atoms with Crippen molar-refractivity contribution in [3.05, 3.63) is 41.2 Å². The standard InChI is InChI=1S/C20H23ClN6O2S/c1-25-8-10-26(11-9-25)16-2-3-19(18(21)12-16)30(28,29)17-5-7-27(14-17)20-23-6-4-15(13-22)24-20/h2-4,6,12,17H,5,7-11,14H2,1H3. The van der Waals surface area contributed by atoms with E-state index in [2.05, 4.69) is 26.8 Å². The molecule has 2 saturated heterocycles. The van der Waals surface area contributed by atoms with Gasteiger partial charge in [-0.1, -0.05) is 11.6 Å². The first-order valence-corrected chi connectivity index (χ1v) is 11.8. The van der Waals surface area contributed by atoms with Gasteiger partial charge in [0.25, 0.3) is 0 Å². The number of anilines is 2.